The first-order chi connectivity index (χ1) is 9.56. The number of ether oxygens (including phenoxy) is 1. The molecule has 0 radical (unpaired) electrons. The number of rotatable bonds is 5. The van der Waals surface area contributed by atoms with Gasteiger partial charge in [0.25, 0.3) is 0 Å². The Bertz CT molecular complexity index is 482. The first-order valence-electron chi connectivity index (χ1n) is 7.06. The molecule has 1 fully saturated rings. The van der Waals surface area contributed by atoms with Crippen LogP contribution in [0.1, 0.15) is 44.5 Å². The number of morpholine rings is 1. The van der Waals surface area contributed by atoms with Crippen LogP contribution in [0.25, 0.3) is 0 Å². The molecule has 1 saturated heterocycles. The van der Waals surface area contributed by atoms with Gasteiger partial charge < -0.3 is 14.2 Å². The molecular formula is C14H22N4O2. The van der Waals surface area contributed by atoms with Crippen LogP contribution < -0.4 is 0 Å². The number of nitrogens with zero attached hydrogens (tertiary/aromatic N) is 4. The summed E-state index contributed by atoms with van der Waals surface area (Å²) in [5.41, 5.74) is -0.108. The van der Waals surface area contributed by atoms with Gasteiger partial charge in [0.1, 0.15) is 6.10 Å². The van der Waals surface area contributed by atoms with E-state index in [1.165, 1.54) is 0 Å². The van der Waals surface area contributed by atoms with Gasteiger partial charge in [0, 0.05) is 25.9 Å². The first kappa shape index (κ1) is 14.9. The normalized spacial score (nSPS) is 23.2. The van der Waals surface area contributed by atoms with Crippen molar-refractivity contribution < 1.29 is 9.26 Å². The van der Waals surface area contributed by atoms with Crippen LogP contribution in [-0.2, 0) is 11.2 Å². The van der Waals surface area contributed by atoms with Crippen molar-refractivity contribution in [3.63, 3.8) is 0 Å². The van der Waals surface area contributed by atoms with E-state index in [0.29, 0.717) is 31.2 Å². The fraction of sp³-hybridized carbons (Fsp3) is 0.786. The predicted molar refractivity (Wildman–Crippen MR) is 72.8 cm³/mol. The molecule has 110 valence electrons. The first-order valence-corrected chi connectivity index (χ1v) is 7.06. The molecule has 1 aliphatic heterocycles. The lowest BCUT2D eigenvalue weighted by molar-refractivity contribution is -0.0264. The summed E-state index contributed by atoms with van der Waals surface area (Å²) in [6.45, 7) is 6.55. The molecule has 0 saturated carbocycles. The molecule has 0 N–H and O–H groups in total. The second kappa shape index (κ2) is 6.33. The summed E-state index contributed by atoms with van der Waals surface area (Å²) in [5.74, 6) is 1.21. The minimum absolute atomic E-state index is 0.108. The van der Waals surface area contributed by atoms with E-state index >= 15 is 0 Å². The van der Waals surface area contributed by atoms with Crippen LogP contribution in [0.15, 0.2) is 4.52 Å². The van der Waals surface area contributed by atoms with E-state index in [9.17, 15) is 0 Å². The molecular weight excluding hydrogens is 256 g/mol. The molecule has 2 unspecified atom stereocenters. The second-order valence-corrected chi connectivity index (χ2v) is 5.84. The minimum Gasteiger partial charge on any atom is -0.367 e. The van der Waals surface area contributed by atoms with E-state index < -0.39 is 0 Å². The molecule has 6 heteroatoms. The van der Waals surface area contributed by atoms with Gasteiger partial charge >= 0.3 is 0 Å². The zero-order valence-corrected chi connectivity index (χ0v) is 12.4. The lowest BCUT2D eigenvalue weighted by Crippen LogP contribution is -2.35. The highest BCUT2D eigenvalue weighted by atomic mass is 16.5. The summed E-state index contributed by atoms with van der Waals surface area (Å²) in [4.78, 5) is 6.64. The Labute approximate surface area is 119 Å². The average molecular weight is 278 g/mol. The Morgan fingerprint density at radius 2 is 2.35 bits per heavy atom. The number of nitriles is 1. The van der Waals surface area contributed by atoms with Crippen LogP contribution in [0.3, 0.4) is 0 Å². The predicted octanol–water partition coefficient (Wildman–Crippen LogP) is 1.95. The van der Waals surface area contributed by atoms with Crippen molar-refractivity contribution in [3.8, 4) is 6.07 Å². The van der Waals surface area contributed by atoms with E-state index in [1.807, 2.05) is 0 Å². The Balaban J connectivity index is 2.03. The third kappa shape index (κ3) is 3.56. The van der Waals surface area contributed by atoms with Gasteiger partial charge in [0.05, 0.1) is 12.7 Å². The average Bonchev–Trinajstić information content (AvgIpc) is 2.87. The number of aromatic nitrogens is 2. The molecule has 0 bridgehead atoms. The molecule has 1 aromatic rings. The summed E-state index contributed by atoms with van der Waals surface area (Å²) >= 11 is 0. The summed E-state index contributed by atoms with van der Waals surface area (Å²) in [6, 6.07) is 2.23. The summed E-state index contributed by atoms with van der Waals surface area (Å²) in [7, 11) is 2.05. The van der Waals surface area contributed by atoms with Crippen molar-refractivity contribution in [1.29, 1.82) is 5.26 Å². The zero-order chi connectivity index (χ0) is 14.6. The van der Waals surface area contributed by atoms with Crippen molar-refractivity contribution in [1.82, 2.24) is 15.0 Å². The Morgan fingerprint density at radius 3 is 3.00 bits per heavy atom. The standard InChI is InChI=1S/C14H22N4O2/c1-4-14(2,5-6-15)9-12-16-13(17-20-12)11-10-18(3)7-8-19-11/h11H,4-5,7-10H2,1-3H3. The lowest BCUT2D eigenvalue weighted by atomic mass is 9.81. The molecule has 0 aromatic carbocycles. The van der Waals surface area contributed by atoms with Crippen LogP contribution in [0.5, 0.6) is 0 Å². The largest absolute Gasteiger partial charge is 0.367 e. The third-order valence-corrected chi connectivity index (χ3v) is 3.98. The monoisotopic (exact) mass is 278 g/mol. The topological polar surface area (TPSA) is 75.2 Å². The highest BCUT2D eigenvalue weighted by molar-refractivity contribution is 4.98. The number of hydrogen-bond acceptors (Lipinski definition) is 6. The lowest BCUT2D eigenvalue weighted by Gasteiger charge is -2.27. The SMILES string of the molecule is CCC(C)(CC#N)Cc1nc(C2CN(C)CCO2)no1. The van der Waals surface area contributed by atoms with Crippen LogP contribution in [0.2, 0.25) is 0 Å². The highest BCUT2D eigenvalue weighted by Gasteiger charge is 2.28. The van der Waals surface area contributed by atoms with E-state index in [0.717, 1.165) is 19.5 Å². The van der Waals surface area contributed by atoms with E-state index in [2.05, 4.69) is 42.0 Å². The zero-order valence-electron chi connectivity index (χ0n) is 12.4. The molecule has 0 spiro atoms. The fourth-order valence-electron chi connectivity index (χ4n) is 2.27. The van der Waals surface area contributed by atoms with Gasteiger partial charge in [-0.1, -0.05) is 19.0 Å². The van der Waals surface area contributed by atoms with Gasteiger partial charge in [-0.25, -0.2) is 0 Å². The maximum absolute atomic E-state index is 8.91. The van der Waals surface area contributed by atoms with Crippen molar-refractivity contribution in [2.75, 3.05) is 26.7 Å². The van der Waals surface area contributed by atoms with Gasteiger partial charge in [0.15, 0.2) is 0 Å². The molecule has 6 nitrogen and oxygen atoms in total. The smallest absolute Gasteiger partial charge is 0.227 e. The van der Waals surface area contributed by atoms with Crippen molar-refractivity contribution in [2.45, 2.75) is 39.2 Å². The molecule has 0 amide bonds. The minimum atomic E-state index is -0.116. The van der Waals surface area contributed by atoms with E-state index in [4.69, 9.17) is 14.5 Å². The molecule has 0 aliphatic carbocycles. The summed E-state index contributed by atoms with van der Waals surface area (Å²) in [5, 5.41) is 12.9. The molecule has 2 rings (SSSR count). The Hall–Kier alpha value is -1.45. The number of likely N-dealkylation sites (N-methyl/N-ethyl adjacent to an activating group) is 1. The molecule has 1 aliphatic rings. The maximum Gasteiger partial charge on any atom is 0.227 e. The molecule has 2 atom stereocenters. The maximum atomic E-state index is 8.91. The van der Waals surface area contributed by atoms with Gasteiger partial charge in [-0.2, -0.15) is 10.2 Å². The van der Waals surface area contributed by atoms with Crippen LogP contribution in [0, 0.1) is 16.7 Å². The quantitative estimate of drug-likeness (QED) is 0.819. The number of hydrogen-bond donors (Lipinski definition) is 0. The fourth-order valence-corrected chi connectivity index (χ4v) is 2.27. The Morgan fingerprint density at radius 1 is 1.55 bits per heavy atom. The second-order valence-electron chi connectivity index (χ2n) is 5.84. The van der Waals surface area contributed by atoms with Crippen LogP contribution in [-0.4, -0.2) is 41.8 Å². The summed E-state index contributed by atoms with van der Waals surface area (Å²) < 4.78 is 11.0. The third-order valence-electron chi connectivity index (χ3n) is 3.98. The van der Waals surface area contributed by atoms with Gasteiger partial charge in [-0.05, 0) is 18.9 Å². The van der Waals surface area contributed by atoms with Crippen LogP contribution in [0.4, 0.5) is 0 Å². The Kier molecular flexibility index (Phi) is 4.73. The van der Waals surface area contributed by atoms with Crippen molar-refractivity contribution >= 4 is 0 Å². The molecule has 2 heterocycles. The van der Waals surface area contributed by atoms with E-state index in [1.54, 1.807) is 0 Å². The van der Waals surface area contributed by atoms with Gasteiger partial charge in [-0.3, -0.25) is 0 Å². The molecule has 1 aromatic heterocycles. The van der Waals surface area contributed by atoms with Crippen molar-refractivity contribution in [2.24, 2.45) is 5.41 Å². The highest BCUT2D eigenvalue weighted by Crippen LogP contribution is 2.30. The van der Waals surface area contributed by atoms with Gasteiger partial charge in [-0.15, -0.1) is 0 Å². The summed E-state index contributed by atoms with van der Waals surface area (Å²) in [6.07, 6.45) is 1.91. The molecule has 20 heavy (non-hydrogen) atoms. The van der Waals surface area contributed by atoms with Crippen LogP contribution >= 0.6 is 0 Å². The van der Waals surface area contributed by atoms with E-state index in [-0.39, 0.29) is 11.5 Å². The van der Waals surface area contributed by atoms with Gasteiger partial charge in [0.2, 0.25) is 11.7 Å². The van der Waals surface area contributed by atoms with Crippen molar-refractivity contribution in [3.05, 3.63) is 11.7 Å².